The summed E-state index contributed by atoms with van der Waals surface area (Å²) < 4.78 is 5.39. The van der Waals surface area contributed by atoms with Crippen LogP contribution in [0.25, 0.3) is 0 Å². The second-order valence-electron chi connectivity index (χ2n) is 6.44. The summed E-state index contributed by atoms with van der Waals surface area (Å²) in [6.07, 6.45) is 3.40. The normalized spacial score (nSPS) is 21.7. The number of carboxylic acid groups (broad SMARTS) is 1. The van der Waals surface area contributed by atoms with E-state index in [2.05, 4.69) is 10.6 Å². The van der Waals surface area contributed by atoms with Crippen LogP contribution < -0.4 is 10.6 Å². The van der Waals surface area contributed by atoms with E-state index in [4.69, 9.17) is 9.84 Å². The number of aromatic carboxylic acids is 1. The molecule has 1 aromatic rings. The highest BCUT2D eigenvalue weighted by atomic mass is 16.5. The summed E-state index contributed by atoms with van der Waals surface area (Å²) >= 11 is 0. The Labute approximate surface area is 135 Å². The first-order chi connectivity index (χ1) is 11.1. The second-order valence-corrected chi connectivity index (χ2v) is 6.44. The van der Waals surface area contributed by atoms with Gasteiger partial charge in [0.05, 0.1) is 5.56 Å². The molecule has 1 aliphatic carbocycles. The zero-order valence-corrected chi connectivity index (χ0v) is 13.0. The molecule has 0 bridgehead atoms. The van der Waals surface area contributed by atoms with Crippen LogP contribution in [0.15, 0.2) is 24.3 Å². The molecule has 3 N–H and O–H groups in total. The summed E-state index contributed by atoms with van der Waals surface area (Å²) in [5, 5.41) is 14.6. The molecule has 2 aliphatic rings. The van der Waals surface area contributed by atoms with Gasteiger partial charge in [-0.3, -0.25) is 0 Å². The van der Waals surface area contributed by atoms with Crippen molar-refractivity contribution in [3.05, 3.63) is 35.4 Å². The molecule has 1 heterocycles. The molecule has 124 valence electrons. The third-order valence-corrected chi connectivity index (χ3v) is 5.01. The van der Waals surface area contributed by atoms with E-state index in [0.717, 1.165) is 31.6 Å². The number of amides is 2. The van der Waals surface area contributed by atoms with E-state index in [1.807, 2.05) is 0 Å². The largest absolute Gasteiger partial charge is 0.478 e. The van der Waals surface area contributed by atoms with Gasteiger partial charge in [-0.2, -0.15) is 0 Å². The summed E-state index contributed by atoms with van der Waals surface area (Å²) in [4.78, 5) is 22.6. The van der Waals surface area contributed by atoms with E-state index < -0.39 is 5.97 Å². The van der Waals surface area contributed by atoms with Gasteiger partial charge in [0, 0.05) is 26.3 Å². The van der Waals surface area contributed by atoms with Gasteiger partial charge in [-0.05, 0) is 48.3 Å². The standard InChI is InChI=1S/C17H22N2O4/c20-15(21)13-3-1-12(2-4-13)10-18-16(22)19-11-14-9-17(14)5-7-23-8-6-17/h1-4,14H,5-11H2,(H,20,21)(H2,18,19,22). The molecule has 0 aromatic heterocycles. The Kier molecular flexibility index (Phi) is 4.52. The van der Waals surface area contributed by atoms with Gasteiger partial charge in [0.1, 0.15) is 0 Å². The first-order valence-electron chi connectivity index (χ1n) is 8.01. The number of urea groups is 1. The lowest BCUT2D eigenvalue weighted by Crippen LogP contribution is -2.37. The Morgan fingerprint density at radius 2 is 1.87 bits per heavy atom. The molecule has 1 unspecified atom stereocenters. The minimum absolute atomic E-state index is 0.179. The molecule has 1 saturated heterocycles. The highest BCUT2D eigenvalue weighted by Crippen LogP contribution is 2.58. The number of rotatable bonds is 5. The quantitative estimate of drug-likeness (QED) is 0.775. The fourth-order valence-electron chi connectivity index (χ4n) is 3.34. The van der Waals surface area contributed by atoms with Crippen molar-refractivity contribution in [2.75, 3.05) is 19.8 Å². The Morgan fingerprint density at radius 1 is 1.17 bits per heavy atom. The van der Waals surface area contributed by atoms with Gasteiger partial charge in [-0.15, -0.1) is 0 Å². The fourth-order valence-corrected chi connectivity index (χ4v) is 3.34. The molecule has 6 nitrogen and oxygen atoms in total. The van der Waals surface area contributed by atoms with E-state index in [9.17, 15) is 9.59 Å². The molecule has 1 atom stereocenters. The predicted octanol–water partition coefficient (Wildman–Crippen LogP) is 2.00. The second kappa shape index (κ2) is 6.58. The van der Waals surface area contributed by atoms with Gasteiger partial charge in [-0.1, -0.05) is 12.1 Å². The molecule has 2 fully saturated rings. The summed E-state index contributed by atoms with van der Waals surface area (Å²) in [7, 11) is 0. The highest BCUT2D eigenvalue weighted by molar-refractivity contribution is 5.87. The summed E-state index contributed by atoms with van der Waals surface area (Å²) in [6, 6.07) is 6.32. The van der Waals surface area contributed by atoms with Crippen molar-refractivity contribution < 1.29 is 19.4 Å². The molecular formula is C17H22N2O4. The van der Waals surface area contributed by atoms with Gasteiger partial charge in [0.2, 0.25) is 0 Å². The van der Waals surface area contributed by atoms with Crippen LogP contribution in [0, 0.1) is 11.3 Å². The maximum Gasteiger partial charge on any atom is 0.335 e. The maximum absolute atomic E-state index is 11.9. The summed E-state index contributed by atoms with van der Waals surface area (Å²) in [6.45, 7) is 2.78. The molecule has 1 aliphatic heterocycles. The van der Waals surface area contributed by atoms with Gasteiger partial charge in [-0.25, -0.2) is 9.59 Å². The van der Waals surface area contributed by atoms with Crippen molar-refractivity contribution in [2.45, 2.75) is 25.8 Å². The molecule has 1 aromatic carbocycles. The number of nitrogens with one attached hydrogen (secondary N) is 2. The van der Waals surface area contributed by atoms with Crippen LogP contribution >= 0.6 is 0 Å². The number of carbonyl (C=O) groups excluding carboxylic acids is 1. The SMILES string of the molecule is O=C(NCc1ccc(C(=O)O)cc1)NCC1CC12CCOCC2. The molecule has 3 rings (SSSR count). The highest BCUT2D eigenvalue weighted by Gasteiger charge is 2.53. The maximum atomic E-state index is 11.9. The lowest BCUT2D eigenvalue weighted by atomic mass is 9.94. The van der Waals surface area contributed by atoms with Gasteiger partial charge in [0.15, 0.2) is 0 Å². The van der Waals surface area contributed by atoms with Crippen molar-refractivity contribution in [3.63, 3.8) is 0 Å². The first-order valence-corrected chi connectivity index (χ1v) is 8.01. The van der Waals surface area contributed by atoms with Crippen LogP contribution in [0.4, 0.5) is 4.79 Å². The average molecular weight is 318 g/mol. The first kappa shape index (κ1) is 15.8. The van der Waals surface area contributed by atoms with E-state index in [-0.39, 0.29) is 11.6 Å². The van der Waals surface area contributed by atoms with Gasteiger partial charge >= 0.3 is 12.0 Å². The minimum atomic E-state index is -0.950. The van der Waals surface area contributed by atoms with Crippen molar-refractivity contribution in [2.24, 2.45) is 11.3 Å². The Bertz CT molecular complexity index is 579. The fraction of sp³-hybridized carbons (Fsp3) is 0.529. The Hall–Kier alpha value is -2.08. The molecule has 1 saturated carbocycles. The van der Waals surface area contributed by atoms with Crippen LogP contribution in [0.5, 0.6) is 0 Å². The number of benzene rings is 1. The molecular weight excluding hydrogens is 296 g/mol. The van der Waals surface area contributed by atoms with Crippen molar-refractivity contribution in [1.82, 2.24) is 10.6 Å². The third kappa shape index (κ3) is 3.82. The Morgan fingerprint density at radius 3 is 2.52 bits per heavy atom. The van der Waals surface area contributed by atoms with Crippen molar-refractivity contribution in [3.8, 4) is 0 Å². The van der Waals surface area contributed by atoms with Gasteiger partial charge < -0.3 is 20.5 Å². The topological polar surface area (TPSA) is 87.7 Å². The van der Waals surface area contributed by atoms with Crippen LogP contribution in [-0.2, 0) is 11.3 Å². The van der Waals surface area contributed by atoms with Crippen LogP contribution in [-0.4, -0.2) is 36.9 Å². The number of ether oxygens (including phenoxy) is 1. The average Bonchev–Trinajstić information content (AvgIpc) is 3.23. The zero-order valence-electron chi connectivity index (χ0n) is 13.0. The van der Waals surface area contributed by atoms with Crippen LogP contribution in [0.1, 0.15) is 35.2 Å². The Balaban J connectivity index is 1.37. The zero-order chi connectivity index (χ0) is 16.3. The van der Waals surface area contributed by atoms with E-state index >= 15 is 0 Å². The number of carboxylic acids is 1. The van der Waals surface area contributed by atoms with E-state index in [1.54, 1.807) is 12.1 Å². The third-order valence-electron chi connectivity index (χ3n) is 5.01. The molecule has 2 amide bonds. The summed E-state index contributed by atoms with van der Waals surface area (Å²) in [5.74, 6) is -0.374. The van der Waals surface area contributed by atoms with Crippen molar-refractivity contribution in [1.29, 1.82) is 0 Å². The smallest absolute Gasteiger partial charge is 0.335 e. The van der Waals surface area contributed by atoms with E-state index in [1.165, 1.54) is 18.6 Å². The lowest BCUT2D eigenvalue weighted by molar-refractivity contribution is 0.0521. The molecule has 6 heteroatoms. The predicted molar refractivity (Wildman–Crippen MR) is 84.2 cm³/mol. The summed E-state index contributed by atoms with van der Waals surface area (Å²) in [5.41, 5.74) is 1.53. The number of hydrogen-bond donors (Lipinski definition) is 3. The van der Waals surface area contributed by atoms with Crippen LogP contribution in [0.2, 0.25) is 0 Å². The molecule has 1 spiro atoms. The molecule has 23 heavy (non-hydrogen) atoms. The van der Waals surface area contributed by atoms with Crippen LogP contribution in [0.3, 0.4) is 0 Å². The number of carbonyl (C=O) groups is 2. The minimum Gasteiger partial charge on any atom is -0.478 e. The van der Waals surface area contributed by atoms with Gasteiger partial charge in [0.25, 0.3) is 0 Å². The monoisotopic (exact) mass is 318 g/mol. The molecule has 0 radical (unpaired) electrons. The van der Waals surface area contributed by atoms with Crippen molar-refractivity contribution >= 4 is 12.0 Å². The van der Waals surface area contributed by atoms with E-state index in [0.29, 0.717) is 24.4 Å². The lowest BCUT2D eigenvalue weighted by Gasteiger charge is -2.23. The number of hydrogen-bond acceptors (Lipinski definition) is 3.